The second-order valence-corrected chi connectivity index (χ2v) is 4.36. The van der Waals surface area contributed by atoms with Crippen molar-refractivity contribution in [2.75, 3.05) is 6.61 Å². The van der Waals surface area contributed by atoms with Crippen molar-refractivity contribution in [1.82, 2.24) is 4.98 Å². The van der Waals surface area contributed by atoms with E-state index in [4.69, 9.17) is 4.74 Å². The van der Waals surface area contributed by atoms with E-state index in [2.05, 4.69) is 4.98 Å². The van der Waals surface area contributed by atoms with Gasteiger partial charge in [0.05, 0.1) is 0 Å². The number of Topliss-reactive ketones (excluding diaryl/α,β-unsaturated/α-hetero) is 2. The normalized spacial score (nSPS) is 10.2. The first-order valence-corrected chi connectivity index (χ1v) is 6.12. The standard InChI is InChI=1S/C15H12FNO4/c1-9(18)11-6-13(17-7-11)15(20)21-8-14(19)10-2-4-12(16)5-3-10/h2-7,17H,8H2,1H3. The lowest BCUT2D eigenvalue weighted by atomic mass is 10.1. The number of hydrogen-bond donors (Lipinski definition) is 1. The number of benzene rings is 1. The summed E-state index contributed by atoms with van der Waals surface area (Å²) in [6, 6.07) is 6.29. The first kappa shape index (κ1) is 14.6. The highest BCUT2D eigenvalue weighted by molar-refractivity contribution is 6.00. The molecule has 6 heteroatoms. The third-order valence-corrected chi connectivity index (χ3v) is 2.81. The Morgan fingerprint density at radius 2 is 1.81 bits per heavy atom. The van der Waals surface area contributed by atoms with Gasteiger partial charge < -0.3 is 9.72 Å². The van der Waals surface area contributed by atoms with Gasteiger partial charge in [-0.1, -0.05) is 0 Å². The fraction of sp³-hybridized carbons (Fsp3) is 0.133. The maximum Gasteiger partial charge on any atom is 0.355 e. The summed E-state index contributed by atoms with van der Waals surface area (Å²) >= 11 is 0. The van der Waals surface area contributed by atoms with Gasteiger partial charge in [-0.2, -0.15) is 0 Å². The quantitative estimate of drug-likeness (QED) is 0.677. The molecule has 2 rings (SSSR count). The van der Waals surface area contributed by atoms with Crippen LogP contribution < -0.4 is 0 Å². The monoisotopic (exact) mass is 289 g/mol. The smallest absolute Gasteiger partial charge is 0.355 e. The van der Waals surface area contributed by atoms with E-state index in [1.54, 1.807) is 0 Å². The number of hydrogen-bond acceptors (Lipinski definition) is 4. The number of aromatic nitrogens is 1. The van der Waals surface area contributed by atoms with E-state index in [0.29, 0.717) is 5.56 Å². The van der Waals surface area contributed by atoms with Gasteiger partial charge in [-0.05, 0) is 37.3 Å². The average molecular weight is 289 g/mol. The van der Waals surface area contributed by atoms with Gasteiger partial charge in [0.2, 0.25) is 0 Å². The lowest BCUT2D eigenvalue weighted by Gasteiger charge is -2.03. The number of carbonyl (C=O) groups is 3. The third kappa shape index (κ3) is 3.62. The molecule has 1 aromatic heterocycles. The van der Waals surface area contributed by atoms with Crippen LogP contribution in [0.15, 0.2) is 36.5 Å². The van der Waals surface area contributed by atoms with Crippen LogP contribution >= 0.6 is 0 Å². The van der Waals surface area contributed by atoms with Gasteiger partial charge in [0.25, 0.3) is 0 Å². The zero-order valence-corrected chi connectivity index (χ0v) is 11.2. The fourth-order valence-electron chi connectivity index (χ4n) is 1.64. The minimum Gasteiger partial charge on any atom is -0.453 e. The molecule has 0 saturated carbocycles. The van der Waals surface area contributed by atoms with E-state index >= 15 is 0 Å². The van der Waals surface area contributed by atoms with E-state index in [1.807, 2.05) is 0 Å². The predicted molar refractivity (Wildman–Crippen MR) is 71.8 cm³/mol. The zero-order valence-electron chi connectivity index (χ0n) is 11.2. The molecule has 1 N–H and O–H groups in total. The molecule has 0 unspecified atom stereocenters. The number of ketones is 2. The van der Waals surface area contributed by atoms with Gasteiger partial charge in [0.1, 0.15) is 11.5 Å². The van der Waals surface area contributed by atoms with Crippen LogP contribution in [0.25, 0.3) is 0 Å². The predicted octanol–water partition coefficient (Wildman–Crippen LogP) is 2.40. The van der Waals surface area contributed by atoms with E-state index in [1.165, 1.54) is 31.3 Å². The SMILES string of the molecule is CC(=O)c1c[nH]c(C(=O)OCC(=O)c2ccc(F)cc2)c1. The van der Waals surface area contributed by atoms with Crippen LogP contribution in [0.2, 0.25) is 0 Å². The third-order valence-electron chi connectivity index (χ3n) is 2.81. The Balaban J connectivity index is 1.95. The molecule has 0 radical (unpaired) electrons. The van der Waals surface area contributed by atoms with E-state index < -0.39 is 24.2 Å². The number of halogens is 1. The van der Waals surface area contributed by atoms with Crippen molar-refractivity contribution in [3.05, 3.63) is 59.2 Å². The Hall–Kier alpha value is -2.76. The average Bonchev–Trinajstić information content (AvgIpc) is 2.95. The molecule has 0 fully saturated rings. The highest BCUT2D eigenvalue weighted by Gasteiger charge is 2.14. The fourth-order valence-corrected chi connectivity index (χ4v) is 1.64. The molecule has 1 heterocycles. The lowest BCUT2D eigenvalue weighted by Crippen LogP contribution is -2.14. The van der Waals surface area contributed by atoms with Gasteiger partial charge in [-0.25, -0.2) is 9.18 Å². The van der Waals surface area contributed by atoms with Crippen molar-refractivity contribution in [2.45, 2.75) is 6.92 Å². The summed E-state index contributed by atoms with van der Waals surface area (Å²) in [6.45, 7) is 0.912. The summed E-state index contributed by atoms with van der Waals surface area (Å²) < 4.78 is 17.6. The topological polar surface area (TPSA) is 76.2 Å². The summed E-state index contributed by atoms with van der Waals surface area (Å²) in [6.07, 6.45) is 1.39. The number of rotatable bonds is 5. The van der Waals surface area contributed by atoms with Crippen molar-refractivity contribution in [1.29, 1.82) is 0 Å². The Kier molecular flexibility index (Phi) is 4.27. The molecule has 0 aliphatic heterocycles. The molecular weight excluding hydrogens is 277 g/mol. The van der Waals surface area contributed by atoms with Gasteiger partial charge in [0, 0.05) is 17.3 Å². The van der Waals surface area contributed by atoms with Crippen LogP contribution in [0.1, 0.15) is 38.1 Å². The van der Waals surface area contributed by atoms with Crippen LogP contribution in [-0.4, -0.2) is 29.1 Å². The van der Waals surface area contributed by atoms with Gasteiger partial charge in [0.15, 0.2) is 18.2 Å². The number of aromatic amines is 1. The second-order valence-electron chi connectivity index (χ2n) is 4.36. The molecule has 0 aliphatic carbocycles. The minimum absolute atomic E-state index is 0.0899. The second kappa shape index (κ2) is 6.13. The van der Waals surface area contributed by atoms with Crippen molar-refractivity contribution < 1.29 is 23.5 Å². The molecule has 0 bridgehead atoms. The summed E-state index contributed by atoms with van der Waals surface area (Å²) in [5.74, 6) is -1.82. The zero-order chi connectivity index (χ0) is 15.4. The number of H-pyrrole nitrogens is 1. The number of carbonyl (C=O) groups excluding carboxylic acids is 3. The van der Waals surface area contributed by atoms with Gasteiger partial charge in [-0.3, -0.25) is 9.59 Å². The Morgan fingerprint density at radius 3 is 2.38 bits per heavy atom. The Morgan fingerprint density at radius 1 is 1.14 bits per heavy atom. The van der Waals surface area contributed by atoms with Crippen LogP contribution in [0.5, 0.6) is 0 Å². The number of nitrogens with one attached hydrogen (secondary N) is 1. The summed E-state index contributed by atoms with van der Waals surface area (Å²) in [4.78, 5) is 37.1. The van der Waals surface area contributed by atoms with Crippen LogP contribution in [0, 0.1) is 5.82 Å². The van der Waals surface area contributed by atoms with E-state index in [0.717, 1.165) is 12.1 Å². The highest BCUT2D eigenvalue weighted by Crippen LogP contribution is 2.08. The molecule has 0 atom stereocenters. The maximum atomic E-state index is 12.7. The Bertz CT molecular complexity index is 688. The molecule has 1 aromatic carbocycles. The molecule has 0 saturated heterocycles. The van der Waals surface area contributed by atoms with Crippen LogP contribution in [-0.2, 0) is 4.74 Å². The molecular formula is C15H12FNO4. The van der Waals surface area contributed by atoms with Crippen molar-refractivity contribution >= 4 is 17.5 Å². The lowest BCUT2D eigenvalue weighted by molar-refractivity contribution is 0.0469. The van der Waals surface area contributed by atoms with E-state index in [-0.39, 0.29) is 17.0 Å². The highest BCUT2D eigenvalue weighted by atomic mass is 19.1. The molecule has 0 spiro atoms. The molecule has 21 heavy (non-hydrogen) atoms. The van der Waals surface area contributed by atoms with Crippen molar-refractivity contribution in [2.24, 2.45) is 0 Å². The molecule has 0 amide bonds. The summed E-state index contributed by atoms with van der Waals surface area (Å²) in [7, 11) is 0. The Labute approximate surface area is 119 Å². The molecule has 5 nitrogen and oxygen atoms in total. The van der Waals surface area contributed by atoms with Crippen molar-refractivity contribution in [3.63, 3.8) is 0 Å². The summed E-state index contributed by atoms with van der Waals surface area (Å²) in [5, 5.41) is 0. The largest absolute Gasteiger partial charge is 0.453 e. The van der Waals surface area contributed by atoms with E-state index in [9.17, 15) is 18.8 Å². The first-order chi connectivity index (χ1) is 9.97. The number of esters is 1. The van der Waals surface area contributed by atoms with Crippen LogP contribution in [0.3, 0.4) is 0 Å². The number of ether oxygens (including phenoxy) is 1. The van der Waals surface area contributed by atoms with Gasteiger partial charge >= 0.3 is 5.97 Å². The first-order valence-electron chi connectivity index (χ1n) is 6.12. The molecule has 2 aromatic rings. The molecule has 108 valence electrons. The van der Waals surface area contributed by atoms with Crippen molar-refractivity contribution in [3.8, 4) is 0 Å². The minimum atomic E-state index is -0.738. The van der Waals surface area contributed by atoms with Crippen LogP contribution in [0.4, 0.5) is 4.39 Å². The molecule has 0 aliphatic rings. The van der Waals surface area contributed by atoms with Gasteiger partial charge in [-0.15, -0.1) is 0 Å². The maximum absolute atomic E-state index is 12.7. The summed E-state index contributed by atoms with van der Waals surface area (Å²) in [5.41, 5.74) is 0.694.